The van der Waals surface area contributed by atoms with Crippen LogP contribution in [0.4, 0.5) is 23.7 Å². The number of alkyl halides is 3. The third-order valence-corrected chi connectivity index (χ3v) is 5.87. The fourth-order valence-corrected chi connectivity index (χ4v) is 4.65. The van der Waals surface area contributed by atoms with Gasteiger partial charge in [0.05, 0.1) is 29.2 Å². The van der Waals surface area contributed by atoms with E-state index in [9.17, 15) is 18.0 Å². The first-order chi connectivity index (χ1) is 12.8. The van der Waals surface area contributed by atoms with E-state index in [1.54, 1.807) is 4.90 Å². The molecule has 0 aliphatic carbocycles. The number of hydrogen-bond acceptors (Lipinski definition) is 1. The van der Waals surface area contributed by atoms with E-state index in [1.807, 2.05) is 6.08 Å². The lowest BCUT2D eigenvalue weighted by Gasteiger charge is -2.45. The lowest BCUT2D eigenvalue weighted by Crippen LogP contribution is -3.21. The van der Waals surface area contributed by atoms with Crippen LogP contribution in [0.2, 0.25) is 5.02 Å². The molecule has 4 nitrogen and oxygen atoms in total. The Hall–Kier alpha value is -1.73. The number of quaternary nitrogens is 1. The van der Waals surface area contributed by atoms with Crippen molar-refractivity contribution >= 4 is 23.3 Å². The lowest BCUT2D eigenvalue weighted by molar-refractivity contribution is -0.955. The summed E-state index contributed by atoms with van der Waals surface area (Å²) in [5.41, 5.74) is -0.892. The number of carbonyl (C=O) groups is 1. The second kappa shape index (κ2) is 8.10. The quantitative estimate of drug-likeness (QED) is 0.662. The fourth-order valence-electron chi connectivity index (χ4n) is 4.43. The van der Waals surface area contributed by atoms with Gasteiger partial charge in [-0.25, -0.2) is 4.79 Å². The van der Waals surface area contributed by atoms with Gasteiger partial charge in [-0.05, 0) is 43.5 Å². The van der Waals surface area contributed by atoms with E-state index in [0.29, 0.717) is 12.1 Å². The van der Waals surface area contributed by atoms with Crippen molar-refractivity contribution in [2.75, 3.05) is 11.9 Å². The monoisotopic (exact) mass is 402 g/mol. The molecule has 3 N–H and O–H groups in total. The van der Waals surface area contributed by atoms with Crippen LogP contribution in [0.1, 0.15) is 37.7 Å². The summed E-state index contributed by atoms with van der Waals surface area (Å²) < 4.78 is 38.8. The van der Waals surface area contributed by atoms with Crippen molar-refractivity contribution in [3.63, 3.8) is 0 Å². The maximum absolute atomic E-state index is 12.9. The van der Waals surface area contributed by atoms with Crippen molar-refractivity contribution in [3.05, 3.63) is 41.4 Å². The fraction of sp³-hybridized carbons (Fsp3) is 0.526. The highest BCUT2D eigenvalue weighted by Gasteiger charge is 2.41. The number of amides is 2. The molecule has 2 aliphatic rings. The SMILES string of the molecule is C=CC[NH+]1[C@@H]2CCC[C@H]1CC(NC(=O)Nc1ccc(Cl)c(C(F)(F)F)c1)C2. The summed E-state index contributed by atoms with van der Waals surface area (Å²) in [6.45, 7) is 4.77. The number of piperidine rings is 2. The Morgan fingerprint density at radius 3 is 2.56 bits per heavy atom. The number of carbonyl (C=O) groups excluding carboxylic acids is 1. The molecule has 2 unspecified atom stereocenters. The minimum atomic E-state index is -4.57. The molecule has 8 heteroatoms. The van der Waals surface area contributed by atoms with Gasteiger partial charge in [0.2, 0.25) is 0 Å². The molecule has 27 heavy (non-hydrogen) atoms. The van der Waals surface area contributed by atoms with Crippen LogP contribution in [0.25, 0.3) is 0 Å². The van der Waals surface area contributed by atoms with Gasteiger partial charge in [-0.1, -0.05) is 18.2 Å². The summed E-state index contributed by atoms with van der Waals surface area (Å²) in [7, 11) is 0. The molecule has 0 saturated carbocycles. The second-order valence-corrected chi connectivity index (χ2v) is 7.76. The minimum Gasteiger partial charge on any atom is -0.335 e. The molecule has 1 aromatic rings. The molecule has 2 saturated heterocycles. The molecular weight excluding hydrogens is 379 g/mol. The molecule has 148 valence electrons. The van der Waals surface area contributed by atoms with Crippen molar-refractivity contribution in [1.82, 2.24) is 5.32 Å². The number of anilines is 1. The minimum absolute atomic E-state index is 0.0308. The zero-order valence-electron chi connectivity index (χ0n) is 14.9. The van der Waals surface area contributed by atoms with Gasteiger partial charge in [-0.2, -0.15) is 13.2 Å². The van der Waals surface area contributed by atoms with Crippen LogP contribution in [0, 0.1) is 0 Å². The zero-order valence-corrected chi connectivity index (χ0v) is 15.7. The molecule has 2 aliphatic heterocycles. The third-order valence-electron chi connectivity index (χ3n) is 5.54. The van der Waals surface area contributed by atoms with Gasteiger partial charge < -0.3 is 15.5 Å². The summed E-state index contributed by atoms with van der Waals surface area (Å²) in [4.78, 5) is 13.8. The molecule has 0 spiro atoms. The molecule has 3 rings (SSSR count). The van der Waals surface area contributed by atoms with E-state index in [1.165, 1.54) is 12.5 Å². The first-order valence-electron chi connectivity index (χ1n) is 9.18. The van der Waals surface area contributed by atoms with E-state index < -0.39 is 17.8 Å². The first-order valence-corrected chi connectivity index (χ1v) is 9.56. The van der Waals surface area contributed by atoms with Crippen molar-refractivity contribution in [2.24, 2.45) is 0 Å². The Bertz CT molecular complexity index is 696. The highest BCUT2D eigenvalue weighted by atomic mass is 35.5. The number of halogens is 4. The zero-order chi connectivity index (χ0) is 19.6. The Morgan fingerprint density at radius 2 is 1.96 bits per heavy atom. The van der Waals surface area contributed by atoms with Crippen molar-refractivity contribution in [3.8, 4) is 0 Å². The second-order valence-electron chi connectivity index (χ2n) is 7.35. The topological polar surface area (TPSA) is 45.6 Å². The van der Waals surface area contributed by atoms with E-state index in [4.69, 9.17) is 11.6 Å². The lowest BCUT2D eigenvalue weighted by atomic mass is 9.82. The molecular formula is C19H24ClF3N3O+. The molecule has 0 aromatic heterocycles. The summed E-state index contributed by atoms with van der Waals surface area (Å²) in [6.07, 6.45) is 2.60. The average molecular weight is 403 g/mol. The van der Waals surface area contributed by atoms with E-state index in [2.05, 4.69) is 17.2 Å². The van der Waals surface area contributed by atoms with Gasteiger partial charge in [-0.15, -0.1) is 0 Å². The maximum atomic E-state index is 12.9. The van der Waals surface area contributed by atoms with Crippen LogP contribution >= 0.6 is 11.6 Å². The van der Waals surface area contributed by atoms with Gasteiger partial charge in [-0.3, -0.25) is 0 Å². The number of fused-ring (bicyclic) bond motifs is 2. The predicted octanol–water partition coefficient (Wildman–Crippen LogP) is 3.63. The number of nitrogens with one attached hydrogen (secondary N) is 3. The Labute approximate surface area is 161 Å². The summed E-state index contributed by atoms with van der Waals surface area (Å²) in [5, 5.41) is 5.04. The predicted molar refractivity (Wildman–Crippen MR) is 99.1 cm³/mol. The molecule has 2 heterocycles. The summed E-state index contributed by atoms with van der Waals surface area (Å²) in [5.74, 6) is 0. The van der Waals surface area contributed by atoms with Crippen LogP contribution in [-0.2, 0) is 6.18 Å². The van der Waals surface area contributed by atoms with E-state index >= 15 is 0 Å². The first kappa shape index (κ1) is 20.0. The van der Waals surface area contributed by atoms with Crippen LogP contribution in [0.15, 0.2) is 30.9 Å². The van der Waals surface area contributed by atoms with Gasteiger partial charge in [0, 0.05) is 24.6 Å². The van der Waals surface area contributed by atoms with Gasteiger partial charge >= 0.3 is 12.2 Å². The molecule has 0 radical (unpaired) electrons. The standard InChI is InChI=1S/C19H23ClF3N3O/c1-2-8-26-14-4-3-5-15(26)10-13(9-14)25-18(27)24-12-6-7-17(20)16(11-12)19(21,22)23/h2,6-7,11,13-15H,1,3-5,8-10H2,(H2,24,25,27)/p+1/t13?,14-,15+. The van der Waals surface area contributed by atoms with Gasteiger partial charge in [0.25, 0.3) is 0 Å². The highest BCUT2D eigenvalue weighted by Crippen LogP contribution is 2.36. The van der Waals surface area contributed by atoms with Crippen molar-refractivity contribution < 1.29 is 22.9 Å². The largest absolute Gasteiger partial charge is 0.417 e. The van der Waals surface area contributed by atoms with E-state index in [-0.39, 0.29) is 16.8 Å². The van der Waals surface area contributed by atoms with Crippen LogP contribution in [0.5, 0.6) is 0 Å². The Morgan fingerprint density at radius 1 is 1.30 bits per heavy atom. The smallest absolute Gasteiger partial charge is 0.335 e. The Balaban J connectivity index is 1.61. The molecule has 1 aromatic carbocycles. The van der Waals surface area contributed by atoms with Crippen LogP contribution < -0.4 is 15.5 Å². The number of benzene rings is 1. The van der Waals surface area contributed by atoms with E-state index in [0.717, 1.165) is 44.4 Å². The average Bonchev–Trinajstić information content (AvgIpc) is 2.56. The van der Waals surface area contributed by atoms with Crippen molar-refractivity contribution in [2.45, 2.75) is 56.4 Å². The summed E-state index contributed by atoms with van der Waals surface area (Å²) in [6, 6.07) is 3.89. The van der Waals surface area contributed by atoms with Gasteiger partial charge in [0.15, 0.2) is 0 Å². The van der Waals surface area contributed by atoms with Gasteiger partial charge in [0.1, 0.15) is 0 Å². The van der Waals surface area contributed by atoms with Crippen molar-refractivity contribution in [1.29, 1.82) is 0 Å². The maximum Gasteiger partial charge on any atom is 0.417 e. The Kier molecular flexibility index (Phi) is 6.01. The third kappa shape index (κ3) is 4.76. The number of hydrogen-bond donors (Lipinski definition) is 3. The molecule has 2 fully saturated rings. The van der Waals surface area contributed by atoms with Crippen LogP contribution in [-0.4, -0.2) is 30.7 Å². The molecule has 2 bridgehead atoms. The number of urea groups is 1. The molecule has 2 amide bonds. The highest BCUT2D eigenvalue weighted by molar-refractivity contribution is 6.31. The summed E-state index contributed by atoms with van der Waals surface area (Å²) >= 11 is 5.61. The van der Waals surface area contributed by atoms with Crippen LogP contribution in [0.3, 0.4) is 0 Å². The number of rotatable bonds is 4. The molecule has 4 atom stereocenters. The normalized spacial score (nSPS) is 27.7.